The van der Waals surface area contributed by atoms with Crippen LogP contribution in [0.15, 0.2) is 23.8 Å². The van der Waals surface area contributed by atoms with Gasteiger partial charge in [-0.05, 0) is 24.5 Å². The van der Waals surface area contributed by atoms with Crippen molar-refractivity contribution in [3.05, 3.63) is 46.8 Å². The van der Waals surface area contributed by atoms with Crippen LogP contribution in [0.1, 0.15) is 24.3 Å². The molecule has 6 heteroatoms. The molecule has 1 aliphatic rings. The van der Waals surface area contributed by atoms with Crippen molar-refractivity contribution < 1.29 is 23.1 Å². The summed E-state index contributed by atoms with van der Waals surface area (Å²) in [6.07, 6.45) is 1.69. The van der Waals surface area contributed by atoms with Crippen LogP contribution >= 0.6 is 0 Å². The minimum Gasteiger partial charge on any atom is -0.478 e. The van der Waals surface area contributed by atoms with Crippen LogP contribution in [0.5, 0.6) is 0 Å². The fourth-order valence-corrected chi connectivity index (χ4v) is 2.28. The minimum absolute atomic E-state index is 0.0212. The molecule has 3 nitrogen and oxygen atoms in total. The Kier molecular flexibility index (Phi) is 3.61. The van der Waals surface area contributed by atoms with Crippen LogP contribution in [-0.4, -0.2) is 17.1 Å². The molecule has 0 amide bonds. The summed E-state index contributed by atoms with van der Waals surface area (Å²) in [6.45, 7) is 0. The molecule has 0 bridgehead atoms. The predicted octanol–water partition coefficient (Wildman–Crippen LogP) is 2.32. The third kappa shape index (κ3) is 2.63. The van der Waals surface area contributed by atoms with E-state index in [0.29, 0.717) is 6.07 Å². The summed E-state index contributed by atoms with van der Waals surface area (Å²) in [6, 6.07) is 0.623. The lowest BCUT2D eigenvalue weighted by atomic mass is 9.80. The number of hydrogen-bond acceptors (Lipinski definition) is 2. The number of allylic oxidation sites excluding steroid dienone is 1. The molecular weight excluding hydrogens is 259 g/mol. The van der Waals surface area contributed by atoms with E-state index >= 15 is 0 Å². The first kappa shape index (κ1) is 13.6. The Labute approximate surface area is 107 Å². The van der Waals surface area contributed by atoms with Gasteiger partial charge < -0.3 is 10.8 Å². The number of carbonyl (C=O) groups is 1. The van der Waals surface area contributed by atoms with Gasteiger partial charge in [-0.2, -0.15) is 0 Å². The SMILES string of the molecule is NC1CC(C(=O)O)=CCC1c1cc(F)c(F)cc1F. The van der Waals surface area contributed by atoms with Gasteiger partial charge in [0, 0.05) is 23.6 Å². The number of halogens is 3. The van der Waals surface area contributed by atoms with Gasteiger partial charge in [0.05, 0.1) is 0 Å². The zero-order valence-electron chi connectivity index (χ0n) is 9.87. The fourth-order valence-electron chi connectivity index (χ4n) is 2.28. The second-order valence-corrected chi connectivity index (χ2v) is 4.53. The van der Waals surface area contributed by atoms with Crippen LogP contribution in [0.4, 0.5) is 13.2 Å². The van der Waals surface area contributed by atoms with Crippen molar-refractivity contribution in [3.63, 3.8) is 0 Å². The second-order valence-electron chi connectivity index (χ2n) is 4.53. The molecule has 2 unspecified atom stereocenters. The second kappa shape index (κ2) is 5.05. The van der Waals surface area contributed by atoms with E-state index in [2.05, 4.69) is 0 Å². The Morgan fingerprint density at radius 3 is 2.42 bits per heavy atom. The van der Waals surface area contributed by atoms with Crippen molar-refractivity contribution in [1.82, 2.24) is 0 Å². The van der Waals surface area contributed by atoms with Gasteiger partial charge in [-0.3, -0.25) is 0 Å². The monoisotopic (exact) mass is 271 g/mol. The predicted molar refractivity (Wildman–Crippen MR) is 62.0 cm³/mol. The van der Waals surface area contributed by atoms with Crippen molar-refractivity contribution in [3.8, 4) is 0 Å². The molecule has 1 aromatic rings. The van der Waals surface area contributed by atoms with Gasteiger partial charge in [-0.15, -0.1) is 0 Å². The Morgan fingerprint density at radius 2 is 1.84 bits per heavy atom. The zero-order valence-corrected chi connectivity index (χ0v) is 9.87. The molecule has 0 spiro atoms. The van der Waals surface area contributed by atoms with E-state index in [1.165, 1.54) is 6.08 Å². The fraction of sp³-hybridized carbons (Fsp3) is 0.308. The van der Waals surface area contributed by atoms with E-state index in [4.69, 9.17) is 10.8 Å². The van der Waals surface area contributed by atoms with E-state index in [0.717, 1.165) is 6.07 Å². The van der Waals surface area contributed by atoms with E-state index in [9.17, 15) is 18.0 Å². The highest BCUT2D eigenvalue weighted by atomic mass is 19.2. The van der Waals surface area contributed by atoms with E-state index in [1.54, 1.807) is 0 Å². The minimum atomic E-state index is -1.26. The highest BCUT2D eigenvalue weighted by Gasteiger charge is 2.29. The zero-order chi connectivity index (χ0) is 14.2. The first-order valence-corrected chi connectivity index (χ1v) is 5.72. The van der Waals surface area contributed by atoms with Crippen molar-refractivity contribution in [1.29, 1.82) is 0 Å². The summed E-state index contributed by atoms with van der Waals surface area (Å²) in [7, 11) is 0. The summed E-state index contributed by atoms with van der Waals surface area (Å²) < 4.78 is 39.7. The molecule has 102 valence electrons. The summed E-state index contributed by atoms with van der Waals surface area (Å²) in [5.41, 5.74) is 5.95. The Morgan fingerprint density at radius 1 is 1.21 bits per heavy atom. The first-order chi connectivity index (χ1) is 8.90. The lowest BCUT2D eigenvalue weighted by Crippen LogP contribution is -2.33. The number of carboxylic acid groups (broad SMARTS) is 1. The number of benzene rings is 1. The topological polar surface area (TPSA) is 63.3 Å². The van der Waals surface area contributed by atoms with Gasteiger partial charge >= 0.3 is 5.97 Å². The Hall–Kier alpha value is -1.82. The van der Waals surface area contributed by atoms with Crippen molar-refractivity contribution in [2.24, 2.45) is 5.73 Å². The molecule has 3 N–H and O–H groups in total. The standard InChI is InChI=1S/C13H12F3NO2/c14-9-5-11(16)10(15)4-8(9)7-2-1-6(13(18)19)3-12(7)17/h1,4-5,7,12H,2-3,17H2,(H,18,19). The molecule has 0 heterocycles. The molecule has 0 aromatic heterocycles. The lowest BCUT2D eigenvalue weighted by molar-refractivity contribution is -0.133. The molecule has 0 radical (unpaired) electrons. The van der Waals surface area contributed by atoms with Crippen LogP contribution in [-0.2, 0) is 4.79 Å². The van der Waals surface area contributed by atoms with Gasteiger partial charge in [0.15, 0.2) is 11.6 Å². The molecule has 2 rings (SSSR count). The van der Waals surface area contributed by atoms with Gasteiger partial charge in [0.1, 0.15) is 5.82 Å². The summed E-state index contributed by atoms with van der Waals surface area (Å²) >= 11 is 0. The Bertz CT molecular complexity index is 557. The summed E-state index contributed by atoms with van der Waals surface area (Å²) in [5, 5.41) is 8.84. The highest BCUT2D eigenvalue weighted by Crippen LogP contribution is 2.33. The molecule has 0 aliphatic heterocycles. The third-order valence-electron chi connectivity index (χ3n) is 3.30. The summed E-state index contributed by atoms with van der Waals surface area (Å²) in [5.74, 6) is -4.90. The number of aliphatic carboxylic acids is 1. The molecule has 2 atom stereocenters. The average molecular weight is 271 g/mol. The highest BCUT2D eigenvalue weighted by molar-refractivity contribution is 5.86. The molecule has 1 aliphatic carbocycles. The molecule has 1 aromatic carbocycles. The quantitative estimate of drug-likeness (QED) is 0.811. The van der Waals surface area contributed by atoms with Crippen LogP contribution in [0.3, 0.4) is 0 Å². The van der Waals surface area contributed by atoms with E-state index < -0.39 is 35.4 Å². The van der Waals surface area contributed by atoms with Gasteiger partial charge in [0.2, 0.25) is 0 Å². The summed E-state index contributed by atoms with van der Waals surface area (Å²) in [4.78, 5) is 10.8. The molecular formula is C13H12F3NO2. The third-order valence-corrected chi connectivity index (χ3v) is 3.30. The maximum Gasteiger partial charge on any atom is 0.331 e. The molecule has 0 saturated heterocycles. The number of hydrogen-bond donors (Lipinski definition) is 2. The molecule has 0 fully saturated rings. The van der Waals surface area contributed by atoms with Crippen LogP contribution in [0, 0.1) is 17.5 Å². The lowest BCUT2D eigenvalue weighted by Gasteiger charge is -2.28. The largest absolute Gasteiger partial charge is 0.478 e. The maximum atomic E-state index is 13.6. The van der Waals surface area contributed by atoms with Gasteiger partial charge in [-0.25, -0.2) is 18.0 Å². The smallest absolute Gasteiger partial charge is 0.331 e. The van der Waals surface area contributed by atoms with Crippen LogP contribution in [0.25, 0.3) is 0 Å². The maximum absolute atomic E-state index is 13.6. The average Bonchev–Trinajstić information content (AvgIpc) is 2.34. The number of carboxylic acids is 1. The van der Waals surface area contributed by atoms with Crippen molar-refractivity contribution >= 4 is 5.97 Å². The van der Waals surface area contributed by atoms with Gasteiger partial charge in [-0.1, -0.05) is 6.08 Å². The van der Waals surface area contributed by atoms with Crippen molar-refractivity contribution in [2.75, 3.05) is 0 Å². The van der Waals surface area contributed by atoms with E-state index in [1.807, 2.05) is 0 Å². The van der Waals surface area contributed by atoms with Crippen LogP contribution in [0.2, 0.25) is 0 Å². The van der Waals surface area contributed by atoms with Crippen molar-refractivity contribution in [2.45, 2.75) is 24.8 Å². The molecule has 19 heavy (non-hydrogen) atoms. The first-order valence-electron chi connectivity index (χ1n) is 5.72. The number of rotatable bonds is 2. The van der Waals surface area contributed by atoms with Crippen LogP contribution < -0.4 is 5.73 Å². The Balaban J connectivity index is 2.34. The number of nitrogens with two attached hydrogens (primary N) is 1. The van der Waals surface area contributed by atoms with Gasteiger partial charge in [0.25, 0.3) is 0 Å². The van der Waals surface area contributed by atoms with E-state index in [-0.39, 0.29) is 24.0 Å². The molecule has 0 saturated carbocycles. The normalized spacial score (nSPS) is 23.1.